The van der Waals surface area contributed by atoms with Crippen LogP contribution in [0.25, 0.3) is 5.57 Å². The van der Waals surface area contributed by atoms with E-state index in [-0.39, 0.29) is 10.6 Å². The van der Waals surface area contributed by atoms with Gasteiger partial charge < -0.3 is 0 Å². The lowest BCUT2D eigenvalue weighted by molar-refractivity contribution is -0.115. The van der Waals surface area contributed by atoms with Crippen molar-refractivity contribution in [2.45, 2.75) is 18.7 Å². The van der Waals surface area contributed by atoms with Gasteiger partial charge >= 0.3 is 0 Å². The standard InChI is InChI=1S/C19H21NO4S2/c1-14(2)17-7-5-6-8-18(17)20(19(21)13-25(4)22)26(23,24)16-11-9-15(3)10-12-16/h5-12H,1,13H2,2-4H3. The zero-order valence-corrected chi connectivity index (χ0v) is 16.6. The molecule has 0 saturated carbocycles. The van der Waals surface area contributed by atoms with Crippen LogP contribution in [0.15, 0.2) is 60.0 Å². The van der Waals surface area contributed by atoms with Crippen LogP contribution in [0.4, 0.5) is 5.69 Å². The molecule has 0 bridgehead atoms. The summed E-state index contributed by atoms with van der Waals surface area (Å²) in [6.07, 6.45) is 1.36. The van der Waals surface area contributed by atoms with Crippen LogP contribution in [0.1, 0.15) is 18.1 Å². The van der Waals surface area contributed by atoms with Crippen LogP contribution >= 0.6 is 0 Å². The van der Waals surface area contributed by atoms with Crippen LogP contribution in [0.3, 0.4) is 0 Å². The lowest BCUT2D eigenvalue weighted by Gasteiger charge is -2.25. The number of nitrogens with zero attached hydrogens (tertiary/aromatic N) is 1. The maximum absolute atomic E-state index is 13.2. The summed E-state index contributed by atoms with van der Waals surface area (Å²) in [5.74, 6) is -1.14. The molecule has 0 N–H and O–H groups in total. The van der Waals surface area contributed by atoms with Gasteiger partial charge in [0, 0.05) is 22.6 Å². The Balaban J connectivity index is 2.70. The van der Waals surface area contributed by atoms with Gasteiger partial charge in [0.15, 0.2) is 0 Å². The molecule has 0 spiro atoms. The van der Waals surface area contributed by atoms with Crippen molar-refractivity contribution >= 4 is 38.0 Å². The third kappa shape index (κ3) is 4.28. The summed E-state index contributed by atoms with van der Waals surface area (Å²) in [6.45, 7) is 7.44. The lowest BCUT2D eigenvalue weighted by atomic mass is 10.1. The molecule has 7 heteroatoms. The summed E-state index contributed by atoms with van der Waals surface area (Å²) < 4.78 is 38.7. The van der Waals surface area contributed by atoms with Crippen LogP contribution in [0, 0.1) is 6.92 Å². The molecule has 0 aromatic heterocycles. The van der Waals surface area contributed by atoms with E-state index in [1.54, 1.807) is 43.3 Å². The van der Waals surface area contributed by atoms with Gasteiger partial charge in [0.25, 0.3) is 15.9 Å². The Hall–Kier alpha value is -2.25. The monoisotopic (exact) mass is 391 g/mol. The number of carbonyl (C=O) groups excluding carboxylic acids is 1. The number of anilines is 1. The molecule has 0 aliphatic heterocycles. The maximum atomic E-state index is 13.2. The van der Waals surface area contributed by atoms with E-state index in [0.29, 0.717) is 11.1 Å². The molecule has 0 aliphatic rings. The van der Waals surface area contributed by atoms with E-state index >= 15 is 0 Å². The van der Waals surface area contributed by atoms with Crippen molar-refractivity contribution in [3.05, 3.63) is 66.2 Å². The van der Waals surface area contributed by atoms with E-state index in [4.69, 9.17) is 0 Å². The van der Waals surface area contributed by atoms with Crippen LogP contribution in [0.2, 0.25) is 0 Å². The van der Waals surface area contributed by atoms with Gasteiger partial charge in [0.05, 0.1) is 10.6 Å². The molecule has 5 nitrogen and oxygen atoms in total. The Morgan fingerprint density at radius 3 is 2.23 bits per heavy atom. The summed E-state index contributed by atoms with van der Waals surface area (Å²) in [4.78, 5) is 12.7. The molecule has 2 aromatic carbocycles. The van der Waals surface area contributed by atoms with E-state index in [9.17, 15) is 17.4 Å². The van der Waals surface area contributed by atoms with Crippen LogP contribution in [-0.2, 0) is 25.6 Å². The number of sulfonamides is 1. The highest BCUT2D eigenvalue weighted by Crippen LogP contribution is 2.31. The molecule has 1 amide bonds. The SMILES string of the molecule is C=C(C)c1ccccc1N(C(=O)CS(C)=O)S(=O)(=O)c1ccc(C)cc1. The normalized spacial score (nSPS) is 12.4. The minimum Gasteiger partial charge on any atom is -0.272 e. The zero-order valence-electron chi connectivity index (χ0n) is 14.9. The topological polar surface area (TPSA) is 71.5 Å². The van der Waals surface area contributed by atoms with Gasteiger partial charge in [-0.1, -0.05) is 42.5 Å². The van der Waals surface area contributed by atoms with Crippen LogP contribution < -0.4 is 4.31 Å². The Morgan fingerprint density at radius 1 is 1.12 bits per heavy atom. The predicted octanol–water partition coefficient (Wildman–Crippen LogP) is 3.13. The molecule has 0 fully saturated rings. The van der Waals surface area contributed by atoms with E-state index in [1.807, 2.05) is 6.92 Å². The Labute approximate surface area is 156 Å². The number of hydrogen-bond donors (Lipinski definition) is 0. The second kappa shape index (κ2) is 7.97. The molecule has 1 atom stereocenters. The quantitative estimate of drug-likeness (QED) is 0.758. The molecule has 1 unspecified atom stereocenters. The first-order chi connectivity index (χ1) is 12.1. The molecule has 0 radical (unpaired) electrons. The average Bonchev–Trinajstić information content (AvgIpc) is 2.54. The van der Waals surface area contributed by atoms with Crippen molar-refractivity contribution in [3.8, 4) is 0 Å². The maximum Gasteiger partial charge on any atom is 0.270 e. The number of rotatable bonds is 6. The average molecular weight is 392 g/mol. The lowest BCUT2D eigenvalue weighted by Crippen LogP contribution is -2.40. The fourth-order valence-electron chi connectivity index (χ4n) is 2.46. The molecule has 0 aliphatic carbocycles. The van der Waals surface area contributed by atoms with Crippen molar-refractivity contribution in [1.29, 1.82) is 0 Å². The minimum absolute atomic E-state index is 0.00477. The summed E-state index contributed by atoms with van der Waals surface area (Å²) in [5, 5.41) is 0. The number of carbonyl (C=O) groups is 1. The first-order valence-electron chi connectivity index (χ1n) is 7.84. The summed E-state index contributed by atoms with van der Waals surface area (Å²) >= 11 is 0. The Bertz CT molecular complexity index is 963. The van der Waals surface area contributed by atoms with Crippen LogP contribution in [0.5, 0.6) is 0 Å². The highest BCUT2D eigenvalue weighted by atomic mass is 32.2. The molecule has 26 heavy (non-hydrogen) atoms. The van der Waals surface area contributed by atoms with Gasteiger partial charge in [0.1, 0.15) is 5.75 Å². The second-order valence-corrected chi connectivity index (χ2v) is 9.21. The van der Waals surface area contributed by atoms with E-state index in [2.05, 4.69) is 6.58 Å². The molecular weight excluding hydrogens is 370 g/mol. The summed E-state index contributed by atoms with van der Waals surface area (Å²) in [7, 11) is -5.64. The van der Waals surface area contributed by atoms with Gasteiger partial charge in [-0.3, -0.25) is 9.00 Å². The van der Waals surface area contributed by atoms with E-state index < -0.39 is 32.5 Å². The molecule has 0 heterocycles. The van der Waals surface area contributed by atoms with Gasteiger partial charge in [0.2, 0.25) is 0 Å². The zero-order chi connectivity index (χ0) is 19.5. The minimum atomic E-state index is -4.16. The number of aryl methyl sites for hydroxylation is 1. The van der Waals surface area contributed by atoms with E-state index in [0.717, 1.165) is 9.87 Å². The Kier molecular flexibility index (Phi) is 6.15. The van der Waals surface area contributed by atoms with Crippen molar-refractivity contribution in [2.24, 2.45) is 0 Å². The highest BCUT2D eigenvalue weighted by Gasteiger charge is 2.32. The molecular formula is C19H21NO4S2. The van der Waals surface area contributed by atoms with Crippen molar-refractivity contribution in [1.82, 2.24) is 0 Å². The number of amides is 1. The third-order valence-corrected chi connectivity index (χ3v) is 6.10. The number of para-hydroxylation sites is 1. The first kappa shape index (κ1) is 20.1. The number of hydrogen-bond acceptors (Lipinski definition) is 4. The van der Waals surface area contributed by atoms with Gasteiger partial charge in [-0.15, -0.1) is 0 Å². The largest absolute Gasteiger partial charge is 0.272 e. The summed E-state index contributed by atoms with van der Waals surface area (Å²) in [6, 6.07) is 12.9. The molecule has 0 saturated heterocycles. The van der Waals surface area contributed by atoms with Crippen LogP contribution in [-0.4, -0.2) is 30.5 Å². The third-order valence-electron chi connectivity index (χ3n) is 3.70. The number of allylic oxidation sites excluding steroid dienone is 1. The first-order valence-corrected chi connectivity index (χ1v) is 11.0. The predicted molar refractivity (Wildman–Crippen MR) is 106 cm³/mol. The van der Waals surface area contributed by atoms with Gasteiger partial charge in [-0.25, -0.2) is 12.7 Å². The second-order valence-electron chi connectivity index (χ2n) is 5.99. The van der Waals surface area contributed by atoms with Gasteiger partial charge in [-0.05, 0) is 37.6 Å². The van der Waals surface area contributed by atoms with Crippen molar-refractivity contribution < 1.29 is 17.4 Å². The molecule has 2 aromatic rings. The smallest absolute Gasteiger partial charge is 0.270 e. The summed E-state index contributed by atoms with van der Waals surface area (Å²) in [5.41, 5.74) is 2.27. The van der Waals surface area contributed by atoms with Crippen molar-refractivity contribution in [3.63, 3.8) is 0 Å². The van der Waals surface area contributed by atoms with Gasteiger partial charge in [-0.2, -0.15) is 0 Å². The fraction of sp³-hybridized carbons (Fsp3) is 0.211. The molecule has 138 valence electrons. The molecule has 2 rings (SSSR count). The van der Waals surface area contributed by atoms with Crippen molar-refractivity contribution in [2.75, 3.05) is 16.3 Å². The fourth-order valence-corrected chi connectivity index (χ4v) is 4.46. The highest BCUT2D eigenvalue weighted by molar-refractivity contribution is 7.94. The van der Waals surface area contributed by atoms with E-state index in [1.165, 1.54) is 18.4 Å². The number of benzene rings is 2. The Morgan fingerprint density at radius 2 is 1.69 bits per heavy atom.